The Kier molecular flexibility index (Phi) is 4.43. The number of ketones is 1. The number of hydrogen-bond acceptors (Lipinski definition) is 5. The summed E-state index contributed by atoms with van der Waals surface area (Å²) >= 11 is 1.35. The Morgan fingerprint density at radius 3 is 2.48 bits per heavy atom. The van der Waals surface area contributed by atoms with Crippen molar-refractivity contribution in [1.29, 1.82) is 0 Å². The van der Waals surface area contributed by atoms with E-state index < -0.39 is 0 Å². The van der Waals surface area contributed by atoms with Crippen molar-refractivity contribution in [3.8, 4) is 17.1 Å². The fourth-order valence-electron chi connectivity index (χ4n) is 2.14. The van der Waals surface area contributed by atoms with Crippen LogP contribution in [0.5, 0.6) is 5.75 Å². The molecule has 23 heavy (non-hydrogen) atoms. The molecular weight excluding hydrogens is 310 g/mol. The van der Waals surface area contributed by atoms with Crippen LogP contribution in [0.25, 0.3) is 11.4 Å². The third-order valence-electron chi connectivity index (χ3n) is 3.39. The van der Waals surface area contributed by atoms with E-state index in [-0.39, 0.29) is 17.3 Å². The number of phenols is 1. The van der Waals surface area contributed by atoms with E-state index in [1.54, 1.807) is 12.1 Å². The molecule has 0 spiro atoms. The zero-order valence-corrected chi connectivity index (χ0v) is 13.3. The third kappa shape index (κ3) is 3.43. The summed E-state index contributed by atoms with van der Waals surface area (Å²) in [5.41, 5.74) is 1.56. The molecule has 1 heterocycles. The molecule has 116 valence electrons. The second-order valence-electron chi connectivity index (χ2n) is 4.99. The standard InChI is InChI=1S/C17H15N3O2S/c1-20-16(13-5-3-2-4-6-13)18-19-17(20)23-11-15(22)12-7-9-14(21)10-8-12/h2-10,21H,11H2,1H3. The van der Waals surface area contributed by atoms with Crippen LogP contribution in [0.2, 0.25) is 0 Å². The zero-order chi connectivity index (χ0) is 16.2. The third-order valence-corrected chi connectivity index (χ3v) is 4.41. The summed E-state index contributed by atoms with van der Waals surface area (Å²) in [4.78, 5) is 12.2. The second-order valence-corrected chi connectivity index (χ2v) is 5.93. The molecule has 0 aliphatic carbocycles. The van der Waals surface area contributed by atoms with Crippen molar-refractivity contribution in [2.45, 2.75) is 5.16 Å². The molecule has 0 aliphatic rings. The summed E-state index contributed by atoms with van der Waals surface area (Å²) in [6.45, 7) is 0. The number of carbonyl (C=O) groups is 1. The highest BCUT2D eigenvalue weighted by molar-refractivity contribution is 7.99. The van der Waals surface area contributed by atoms with Crippen LogP contribution in [0, 0.1) is 0 Å². The van der Waals surface area contributed by atoms with Gasteiger partial charge in [0, 0.05) is 18.2 Å². The predicted molar refractivity (Wildman–Crippen MR) is 89.6 cm³/mol. The van der Waals surface area contributed by atoms with E-state index in [1.165, 1.54) is 23.9 Å². The minimum Gasteiger partial charge on any atom is -0.508 e. The van der Waals surface area contributed by atoms with Gasteiger partial charge in [-0.15, -0.1) is 10.2 Å². The molecule has 0 atom stereocenters. The van der Waals surface area contributed by atoms with Crippen LogP contribution in [-0.2, 0) is 7.05 Å². The second kappa shape index (κ2) is 6.66. The maximum atomic E-state index is 12.2. The number of benzene rings is 2. The summed E-state index contributed by atoms with van der Waals surface area (Å²) in [5, 5.41) is 18.3. The molecule has 1 aromatic heterocycles. The fraction of sp³-hybridized carbons (Fsp3) is 0.118. The molecule has 5 nitrogen and oxygen atoms in total. The van der Waals surface area contributed by atoms with E-state index in [2.05, 4.69) is 10.2 Å². The van der Waals surface area contributed by atoms with Gasteiger partial charge in [0.25, 0.3) is 0 Å². The molecule has 6 heteroatoms. The average molecular weight is 325 g/mol. The van der Waals surface area contributed by atoms with Gasteiger partial charge in [0.05, 0.1) is 5.75 Å². The van der Waals surface area contributed by atoms with Gasteiger partial charge in [-0.1, -0.05) is 42.1 Å². The van der Waals surface area contributed by atoms with E-state index >= 15 is 0 Å². The molecule has 0 amide bonds. The van der Waals surface area contributed by atoms with Crippen molar-refractivity contribution in [2.24, 2.45) is 7.05 Å². The minimum absolute atomic E-state index is 0.0146. The number of aromatic nitrogens is 3. The lowest BCUT2D eigenvalue weighted by molar-refractivity contribution is 0.102. The number of hydrogen-bond donors (Lipinski definition) is 1. The fourth-order valence-corrected chi connectivity index (χ4v) is 2.95. The molecule has 3 rings (SSSR count). The van der Waals surface area contributed by atoms with Crippen LogP contribution in [0.15, 0.2) is 59.8 Å². The van der Waals surface area contributed by atoms with Crippen LogP contribution in [0.4, 0.5) is 0 Å². The molecule has 0 saturated carbocycles. The lowest BCUT2D eigenvalue weighted by Crippen LogP contribution is -2.03. The Bertz CT molecular complexity index is 814. The molecule has 0 unspecified atom stereocenters. The van der Waals surface area contributed by atoms with Crippen molar-refractivity contribution in [3.05, 3.63) is 60.2 Å². The molecule has 1 N–H and O–H groups in total. The van der Waals surface area contributed by atoms with Gasteiger partial charge in [-0.3, -0.25) is 4.79 Å². The number of nitrogens with zero attached hydrogens (tertiary/aromatic N) is 3. The van der Waals surface area contributed by atoms with Gasteiger partial charge >= 0.3 is 0 Å². The molecule has 2 aromatic carbocycles. The monoisotopic (exact) mass is 325 g/mol. The van der Waals surface area contributed by atoms with Crippen LogP contribution >= 0.6 is 11.8 Å². The van der Waals surface area contributed by atoms with Crippen molar-refractivity contribution < 1.29 is 9.90 Å². The number of thioether (sulfide) groups is 1. The van der Waals surface area contributed by atoms with Gasteiger partial charge in [0.2, 0.25) is 0 Å². The summed E-state index contributed by atoms with van der Waals surface area (Å²) in [6.07, 6.45) is 0. The lowest BCUT2D eigenvalue weighted by atomic mass is 10.1. The summed E-state index contributed by atoms with van der Waals surface area (Å²) in [6, 6.07) is 16.0. The van der Waals surface area contributed by atoms with Gasteiger partial charge in [-0.25, -0.2) is 0 Å². The van der Waals surface area contributed by atoms with Crippen molar-refractivity contribution in [2.75, 3.05) is 5.75 Å². The average Bonchev–Trinajstić information content (AvgIpc) is 2.95. The quantitative estimate of drug-likeness (QED) is 0.576. The Morgan fingerprint density at radius 1 is 1.09 bits per heavy atom. The molecule has 0 saturated heterocycles. The zero-order valence-electron chi connectivity index (χ0n) is 12.5. The molecule has 0 radical (unpaired) electrons. The summed E-state index contributed by atoms with van der Waals surface area (Å²) in [7, 11) is 1.88. The number of rotatable bonds is 5. The first-order valence-corrected chi connectivity index (χ1v) is 8.03. The lowest BCUT2D eigenvalue weighted by Gasteiger charge is -2.04. The summed E-state index contributed by atoms with van der Waals surface area (Å²) in [5.74, 6) is 1.17. The largest absolute Gasteiger partial charge is 0.508 e. The molecule has 3 aromatic rings. The Labute approximate surface area is 138 Å². The number of carbonyl (C=O) groups excluding carboxylic acids is 1. The topological polar surface area (TPSA) is 68.0 Å². The first-order valence-electron chi connectivity index (χ1n) is 7.05. The van der Waals surface area contributed by atoms with Gasteiger partial charge in [-0.05, 0) is 24.3 Å². The molecule has 0 aliphatic heterocycles. The highest BCUT2D eigenvalue weighted by atomic mass is 32.2. The van der Waals surface area contributed by atoms with Crippen LogP contribution in [0.1, 0.15) is 10.4 Å². The number of Topliss-reactive ketones (excluding diaryl/α,β-unsaturated/α-hetero) is 1. The number of phenolic OH excluding ortho intramolecular Hbond substituents is 1. The van der Waals surface area contributed by atoms with Gasteiger partial charge in [-0.2, -0.15) is 0 Å². The minimum atomic E-state index is -0.0146. The first-order chi connectivity index (χ1) is 11.1. The highest BCUT2D eigenvalue weighted by Gasteiger charge is 2.13. The smallest absolute Gasteiger partial charge is 0.191 e. The first kappa shape index (κ1) is 15.3. The maximum absolute atomic E-state index is 12.2. The normalized spacial score (nSPS) is 10.7. The van der Waals surface area contributed by atoms with Gasteiger partial charge < -0.3 is 9.67 Å². The molecule has 0 bridgehead atoms. The van der Waals surface area contributed by atoms with Crippen LogP contribution in [-0.4, -0.2) is 31.4 Å². The Morgan fingerprint density at radius 2 is 1.78 bits per heavy atom. The van der Waals surface area contributed by atoms with E-state index in [0.717, 1.165) is 11.4 Å². The Balaban J connectivity index is 1.71. The van der Waals surface area contributed by atoms with Crippen molar-refractivity contribution in [3.63, 3.8) is 0 Å². The van der Waals surface area contributed by atoms with E-state index in [4.69, 9.17) is 0 Å². The Hall–Kier alpha value is -2.60. The van der Waals surface area contributed by atoms with Crippen LogP contribution in [0.3, 0.4) is 0 Å². The maximum Gasteiger partial charge on any atom is 0.191 e. The van der Waals surface area contributed by atoms with Crippen molar-refractivity contribution >= 4 is 17.5 Å². The van der Waals surface area contributed by atoms with E-state index in [1.807, 2.05) is 41.9 Å². The SMILES string of the molecule is Cn1c(SCC(=O)c2ccc(O)cc2)nnc1-c1ccccc1. The van der Waals surface area contributed by atoms with Gasteiger partial charge in [0.1, 0.15) is 5.75 Å². The highest BCUT2D eigenvalue weighted by Crippen LogP contribution is 2.23. The molecular formula is C17H15N3O2S. The predicted octanol–water partition coefficient (Wildman–Crippen LogP) is 3.16. The van der Waals surface area contributed by atoms with Crippen LogP contribution < -0.4 is 0 Å². The summed E-state index contributed by atoms with van der Waals surface area (Å²) < 4.78 is 1.88. The number of aromatic hydroxyl groups is 1. The molecule has 0 fully saturated rings. The van der Waals surface area contributed by atoms with Gasteiger partial charge in [0.15, 0.2) is 16.8 Å². The van der Waals surface area contributed by atoms with Crippen molar-refractivity contribution in [1.82, 2.24) is 14.8 Å². The van der Waals surface area contributed by atoms with E-state index in [9.17, 15) is 9.90 Å². The van der Waals surface area contributed by atoms with E-state index in [0.29, 0.717) is 10.7 Å².